The molecule has 24 heavy (non-hydrogen) atoms. The highest BCUT2D eigenvalue weighted by Gasteiger charge is 2.16. The van der Waals surface area contributed by atoms with Gasteiger partial charge in [0.15, 0.2) is 18.1 Å². The summed E-state index contributed by atoms with van der Waals surface area (Å²) in [6.45, 7) is 1.93. The Balaban J connectivity index is 2.10. The van der Waals surface area contributed by atoms with Crippen molar-refractivity contribution in [1.29, 1.82) is 0 Å². The molecule has 0 spiro atoms. The van der Waals surface area contributed by atoms with Gasteiger partial charge in [-0.05, 0) is 53.8 Å². The van der Waals surface area contributed by atoms with Crippen molar-refractivity contribution in [3.05, 3.63) is 51.6 Å². The molecule has 126 valence electrons. The van der Waals surface area contributed by atoms with Crippen LogP contribution in [0.3, 0.4) is 0 Å². The lowest BCUT2D eigenvalue weighted by atomic mass is 10.2. The molecule has 0 aliphatic carbocycles. The maximum atomic E-state index is 12.0. The fourth-order valence-electron chi connectivity index (χ4n) is 1.95. The molecule has 2 aromatic rings. The molecule has 0 radical (unpaired) electrons. The summed E-state index contributed by atoms with van der Waals surface area (Å²) < 4.78 is 11.5. The van der Waals surface area contributed by atoms with Gasteiger partial charge in [-0.2, -0.15) is 0 Å². The number of halogens is 1. The minimum atomic E-state index is -1.05. The lowest BCUT2D eigenvalue weighted by molar-refractivity contribution is -0.118. The van der Waals surface area contributed by atoms with Crippen LogP contribution in [-0.2, 0) is 4.79 Å². The van der Waals surface area contributed by atoms with E-state index >= 15 is 0 Å². The van der Waals surface area contributed by atoms with Crippen LogP contribution in [0.4, 0.5) is 5.69 Å². The highest BCUT2D eigenvalue weighted by molar-refractivity contribution is 14.1. The van der Waals surface area contributed by atoms with Crippen LogP contribution >= 0.6 is 22.6 Å². The second-order valence-corrected chi connectivity index (χ2v) is 5.89. The molecule has 0 aromatic heterocycles. The number of nitrogens with one attached hydrogen (secondary N) is 1. The van der Waals surface area contributed by atoms with Gasteiger partial charge in [-0.15, -0.1) is 0 Å². The van der Waals surface area contributed by atoms with Crippen LogP contribution in [-0.4, -0.2) is 30.2 Å². The summed E-state index contributed by atoms with van der Waals surface area (Å²) in [6.07, 6.45) is 0. The average Bonchev–Trinajstić information content (AvgIpc) is 2.55. The molecular weight excluding hydrogens is 425 g/mol. The molecule has 1 amide bonds. The van der Waals surface area contributed by atoms with Crippen molar-refractivity contribution in [2.75, 3.05) is 18.5 Å². The van der Waals surface area contributed by atoms with Crippen molar-refractivity contribution in [2.24, 2.45) is 0 Å². The standard InChI is InChI=1S/C17H16INO5/c1-2-23-14-9-11(17(21)22)8-13(18)16(14)24-10-15(20)19-12-6-4-3-5-7-12/h3-9H,2,10H2,1H3,(H,19,20)(H,21,22). The molecular formula is C17H16INO5. The summed E-state index contributed by atoms with van der Waals surface area (Å²) in [5, 5.41) is 11.8. The highest BCUT2D eigenvalue weighted by atomic mass is 127. The normalized spacial score (nSPS) is 10.1. The van der Waals surface area contributed by atoms with Crippen LogP contribution in [0.1, 0.15) is 17.3 Å². The van der Waals surface area contributed by atoms with Gasteiger partial charge in [0.05, 0.1) is 15.7 Å². The van der Waals surface area contributed by atoms with Crippen molar-refractivity contribution in [1.82, 2.24) is 0 Å². The Morgan fingerprint density at radius 2 is 1.88 bits per heavy atom. The third-order valence-electron chi connectivity index (χ3n) is 2.96. The van der Waals surface area contributed by atoms with E-state index in [1.54, 1.807) is 19.1 Å². The van der Waals surface area contributed by atoms with Gasteiger partial charge in [-0.3, -0.25) is 4.79 Å². The topological polar surface area (TPSA) is 84.9 Å². The van der Waals surface area contributed by atoms with Crippen molar-refractivity contribution in [3.8, 4) is 11.5 Å². The third-order valence-corrected chi connectivity index (χ3v) is 3.76. The Hall–Kier alpha value is -2.29. The van der Waals surface area contributed by atoms with Crippen LogP contribution in [0.5, 0.6) is 11.5 Å². The van der Waals surface area contributed by atoms with E-state index in [2.05, 4.69) is 5.32 Å². The van der Waals surface area contributed by atoms with Crippen molar-refractivity contribution < 1.29 is 24.2 Å². The summed E-state index contributed by atoms with van der Waals surface area (Å²) in [5.41, 5.74) is 0.774. The van der Waals surface area contributed by atoms with Crippen LogP contribution in [0.25, 0.3) is 0 Å². The van der Waals surface area contributed by atoms with Crippen molar-refractivity contribution >= 4 is 40.2 Å². The Bertz CT molecular complexity index is 733. The summed E-state index contributed by atoms with van der Waals surface area (Å²) in [6, 6.07) is 11.9. The van der Waals surface area contributed by atoms with Gasteiger partial charge in [0.25, 0.3) is 5.91 Å². The van der Waals surface area contributed by atoms with Crippen LogP contribution in [0.2, 0.25) is 0 Å². The maximum Gasteiger partial charge on any atom is 0.335 e. The van der Waals surface area contributed by atoms with Gasteiger partial charge >= 0.3 is 5.97 Å². The molecule has 0 saturated heterocycles. The second kappa shape index (κ2) is 8.53. The fourth-order valence-corrected chi connectivity index (χ4v) is 2.71. The zero-order chi connectivity index (χ0) is 17.5. The Morgan fingerprint density at radius 1 is 1.17 bits per heavy atom. The van der Waals surface area contributed by atoms with Gasteiger partial charge in [0.1, 0.15) is 0 Å². The molecule has 2 rings (SSSR count). The van der Waals surface area contributed by atoms with Crippen molar-refractivity contribution in [2.45, 2.75) is 6.92 Å². The van der Waals surface area contributed by atoms with E-state index in [1.807, 2.05) is 40.8 Å². The Kier molecular flexibility index (Phi) is 6.42. The van der Waals surface area contributed by atoms with Gasteiger partial charge in [0, 0.05) is 5.69 Å². The monoisotopic (exact) mass is 441 g/mol. The maximum absolute atomic E-state index is 12.0. The number of amides is 1. The zero-order valence-electron chi connectivity index (χ0n) is 12.9. The van der Waals surface area contributed by atoms with E-state index in [0.717, 1.165) is 0 Å². The first kappa shape index (κ1) is 18.1. The number of hydrogen-bond acceptors (Lipinski definition) is 4. The molecule has 0 bridgehead atoms. The SMILES string of the molecule is CCOc1cc(C(=O)O)cc(I)c1OCC(=O)Nc1ccccc1. The van der Waals surface area contributed by atoms with E-state index in [-0.39, 0.29) is 18.1 Å². The van der Waals surface area contributed by atoms with Crippen molar-refractivity contribution in [3.63, 3.8) is 0 Å². The Morgan fingerprint density at radius 3 is 2.50 bits per heavy atom. The first-order chi connectivity index (χ1) is 11.5. The predicted octanol–water partition coefficient (Wildman–Crippen LogP) is 3.41. The summed E-state index contributed by atoms with van der Waals surface area (Å²) >= 11 is 1.96. The van der Waals surface area contributed by atoms with Gasteiger partial charge in [-0.25, -0.2) is 4.79 Å². The van der Waals surface area contributed by atoms with Crippen LogP contribution in [0, 0.1) is 3.57 Å². The zero-order valence-corrected chi connectivity index (χ0v) is 15.1. The summed E-state index contributed by atoms with van der Waals surface area (Å²) in [7, 11) is 0. The minimum Gasteiger partial charge on any atom is -0.490 e. The molecule has 0 atom stereocenters. The second-order valence-electron chi connectivity index (χ2n) is 4.73. The molecule has 2 aromatic carbocycles. The summed E-state index contributed by atoms with van der Waals surface area (Å²) in [4.78, 5) is 23.1. The molecule has 7 heteroatoms. The molecule has 0 aliphatic heterocycles. The number of aromatic carboxylic acids is 1. The smallest absolute Gasteiger partial charge is 0.335 e. The Labute approximate surface area is 152 Å². The third kappa shape index (κ3) is 4.85. The van der Waals surface area contributed by atoms with E-state index < -0.39 is 5.97 Å². The quantitative estimate of drug-likeness (QED) is 0.644. The van der Waals surface area contributed by atoms with Gasteiger partial charge < -0.3 is 19.9 Å². The molecule has 0 aliphatic rings. The summed E-state index contributed by atoms with van der Waals surface area (Å²) in [5.74, 6) is -0.719. The number of para-hydroxylation sites is 1. The first-order valence-electron chi connectivity index (χ1n) is 7.18. The number of rotatable bonds is 7. The van der Waals surface area contributed by atoms with Crippen LogP contribution < -0.4 is 14.8 Å². The largest absolute Gasteiger partial charge is 0.490 e. The number of carbonyl (C=O) groups is 2. The number of anilines is 1. The number of carbonyl (C=O) groups excluding carboxylic acids is 1. The average molecular weight is 441 g/mol. The number of ether oxygens (including phenoxy) is 2. The van der Waals surface area contributed by atoms with E-state index in [1.165, 1.54) is 12.1 Å². The lowest BCUT2D eigenvalue weighted by Crippen LogP contribution is -2.20. The van der Waals surface area contributed by atoms with Crippen LogP contribution in [0.15, 0.2) is 42.5 Å². The lowest BCUT2D eigenvalue weighted by Gasteiger charge is -2.14. The van der Waals surface area contributed by atoms with E-state index in [0.29, 0.717) is 27.4 Å². The van der Waals surface area contributed by atoms with Gasteiger partial charge in [0.2, 0.25) is 0 Å². The molecule has 0 fully saturated rings. The number of benzene rings is 2. The first-order valence-corrected chi connectivity index (χ1v) is 8.26. The molecule has 0 saturated carbocycles. The van der Waals surface area contributed by atoms with E-state index in [9.17, 15) is 9.59 Å². The molecule has 0 unspecified atom stereocenters. The van der Waals surface area contributed by atoms with E-state index in [4.69, 9.17) is 14.6 Å². The molecule has 2 N–H and O–H groups in total. The fraction of sp³-hybridized carbons (Fsp3) is 0.176. The number of carboxylic acids is 1. The highest BCUT2D eigenvalue weighted by Crippen LogP contribution is 2.34. The minimum absolute atomic E-state index is 0.101. The number of carboxylic acid groups (broad SMARTS) is 1. The number of hydrogen-bond donors (Lipinski definition) is 2. The predicted molar refractivity (Wildman–Crippen MR) is 97.9 cm³/mol. The van der Waals surface area contributed by atoms with Gasteiger partial charge in [-0.1, -0.05) is 18.2 Å². The molecule has 6 nitrogen and oxygen atoms in total. The molecule has 0 heterocycles.